The normalized spacial score (nSPS) is 11.1. The average Bonchev–Trinajstić information content (AvgIpc) is 2.81. The van der Waals surface area contributed by atoms with Gasteiger partial charge in [-0.2, -0.15) is 9.62 Å². The summed E-state index contributed by atoms with van der Waals surface area (Å²) in [6.45, 7) is 1.76. The monoisotopic (exact) mass is 751 g/mol. The summed E-state index contributed by atoms with van der Waals surface area (Å²) in [5.74, 6) is -0.970. The summed E-state index contributed by atoms with van der Waals surface area (Å²) < 4.78 is 39.9. The van der Waals surface area contributed by atoms with Gasteiger partial charge in [0.25, 0.3) is 3.25 Å². The zero-order chi connectivity index (χ0) is 29.5. The summed E-state index contributed by atoms with van der Waals surface area (Å²) in [6.07, 6.45) is 8.05. The second kappa shape index (κ2) is 19.5. The summed E-state index contributed by atoms with van der Waals surface area (Å²) in [5, 5.41) is 8.60. The molecule has 3 heterocycles. The number of hydrogen-bond acceptors (Lipinski definition) is 5. The van der Waals surface area contributed by atoms with Gasteiger partial charge in [-0.1, -0.05) is 108 Å². The van der Waals surface area contributed by atoms with Crippen LogP contribution in [0.25, 0.3) is 0 Å². The molecule has 3 aromatic rings. The Morgan fingerprint density at radius 2 is 1.26 bits per heavy atom. The maximum atomic E-state index is 12.9. The predicted molar refractivity (Wildman–Crippen MR) is 156 cm³/mol. The highest BCUT2D eigenvalue weighted by molar-refractivity contribution is 9.08. The molecule has 1 atom stereocenters. The van der Waals surface area contributed by atoms with E-state index in [9.17, 15) is 13.2 Å². The first-order chi connectivity index (χ1) is 17.6. The van der Waals surface area contributed by atoms with Crippen molar-refractivity contribution >= 4 is 108 Å². The van der Waals surface area contributed by atoms with E-state index in [-0.39, 0.29) is 15.5 Å². The van der Waals surface area contributed by atoms with E-state index in [1.165, 1.54) is 36.8 Å². The van der Waals surface area contributed by atoms with Crippen LogP contribution in [0.4, 0.5) is 13.2 Å². The number of hydrogen-bond donors (Lipinski definition) is 0. The van der Waals surface area contributed by atoms with Gasteiger partial charge in [-0.15, -0.1) is 0 Å². The first-order valence-electron chi connectivity index (χ1n) is 9.48. The zero-order valence-electron chi connectivity index (χ0n) is 19.2. The first kappa shape index (κ1) is 37.4. The molecule has 0 saturated carbocycles. The molecular weight excluding hydrogens is 739 g/mol. The maximum absolute atomic E-state index is 12.9. The van der Waals surface area contributed by atoms with Crippen LogP contribution in [0.1, 0.15) is 16.7 Å². The van der Waals surface area contributed by atoms with Crippen LogP contribution in [0.5, 0.6) is 0 Å². The molecule has 3 aromatic heterocycles. The van der Waals surface area contributed by atoms with Crippen LogP contribution in [-0.4, -0.2) is 24.5 Å². The molecule has 0 saturated heterocycles. The van der Waals surface area contributed by atoms with E-state index in [0.717, 1.165) is 11.1 Å². The molecule has 3 rings (SSSR count). The van der Waals surface area contributed by atoms with Crippen molar-refractivity contribution < 1.29 is 13.2 Å². The quantitative estimate of drug-likeness (QED) is 0.152. The molecule has 0 bridgehead atoms. The molecule has 0 amide bonds. The molecule has 0 aromatic carbocycles. The highest BCUT2D eigenvalue weighted by Gasteiger charge is 2.11. The average molecular weight is 756 g/mol. The Hall–Kier alpha value is -0.610. The van der Waals surface area contributed by atoms with Gasteiger partial charge in [0.1, 0.15) is 0 Å². The summed E-state index contributed by atoms with van der Waals surface area (Å²) >= 11 is 38.5. The number of aryl methyl sites for hydroxylation is 1. The van der Waals surface area contributed by atoms with Gasteiger partial charge in [-0.25, -0.2) is 28.1 Å². The van der Waals surface area contributed by atoms with Crippen LogP contribution < -0.4 is 0 Å². The van der Waals surface area contributed by atoms with Crippen LogP contribution in [0.2, 0.25) is 15.5 Å². The van der Waals surface area contributed by atoms with E-state index in [4.69, 9.17) is 86.5 Å². The third kappa shape index (κ3) is 18.6. The maximum Gasteiger partial charge on any atom is 0.266 e. The van der Waals surface area contributed by atoms with E-state index >= 15 is 0 Å². The van der Waals surface area contributed by atoms with Crippen molar-refractivity contribution in [3.63, 3.8) is 0 Å². The van der Waals surface area contributed by atoms with Crippen LogP contribution >= 0.6 is 97.1 Å². The second-order valence-corrected chi connectivity index (χ2v) is 13.3. The fraction of sp³-hybridized carbons (Fsp3) is 0.238. The topological polar surface area (TPSA) is 74.8 Å². The van der Waals surface area contributed by atoms with Gasteiger partial charge >= 0.3 is 0 Å². The SMILES string of the molecule is CS(Cc1cnc(Cl)c(F)c1)=NC#N.Cc1cnc(Cl)c(F)c1.ClC(Cl)(Cl)Cl.Fc1cc(CBr)cnc1Cl. The minimum Gasteiger partial charge on any atom is -0.241 e. The Labute approximate surface area is 263 Å². The fourth-order valence-electron chi connectivity index (χ4n) is 1.93. The third-order valence-electron chi connectivity index (χ3n) is 3.37. The molecule has 0 N–H and O–H groups in total. The predicted octanol–water partition coefficient (Wildman–Crippen LogP) is 9.79. The van der Waals surface area contributed by atoms with Crippen molar-refractivity contribution in [2.45, 2.75) is 21.3 Å². The smallest absolute Gasteiger partial charge is 0.241 e. The van der Waals surface area contributed by atoms with Gasteiger partial charge in [0.15, 0.2) is 32.9 Å². The van der Waals surface area contributed by atoms with Gasteiger partial charge in [0.05, 0.1) is 0 Å². The first-order valence-corrected chi connectivity index (χ1v) is 15.0. The van der Waals surface area contributed by atoms with Gasteiger partial charge in [-0.05, 0) is 48.1 Å². The van der Waals surface area contributed by atoms with Crippen molar-refractivity contribution in [3.8, 4) is 6.19 Å². The molecule has 0 aliphatic carbocycles. The second-order valence-electron chi connectivity index (χ2n) is 6.52. The van der Waals surface area contributed by atoms with Crippen LogP contribution in [0.15, 0.2) is 41.2 Å². The standard InChI is InChI=1S/C8H7ClFN3S.C6H4BrClFN.C6H5ClFN.CCl4/c1-14(13-5-11)4-6-2-7(10)8(9)12-3-6;7-2-4-1-5(9)6(8)10-3-4;1-4-2-5(8)6(7)9-3-4;2-1(3,4)5/h2-3H,4H2,1H3;1,3H,2H2;2-3H,1H3;. The highest BCUT2D eigenvalue weighted by Crippen LogP contribution is 2.29. The van der Waals surface area contributed by atoms with Crippen LogP contribution in [0, 0.1) is 35.8 Å². The summed E-state index contributed by atoms with van der Waals surface area (Å²) in [7, 11) is -0.422. The summed E-state index contributed by atoms with van der Waals surface area (Å²) in [4.78, 5) is 10.8. The molecule has 38 heavy (non-hydrogen) atoms. The largest absolute Gasteiger partial charge is 0.266 e. The lowest BCUT2D eigenvalue weighted by molar-refractivity contribution is 0.620. The van der Waals surface area contributed by atoms with E-state index in [1.54, 1.807) is 19.4 Å². The number of nitriles is 1. The van der Waals surface area contributed by atoms with Gasteiger partial charge in [0.2, 0.25) is 6.19 Å². The number of halogens is 11. The van der Waals surface area contributed by atoms with E-state index < -0.39 is 31.4 Å². The van der Waals surface area contributed by atoms with Gasteiger partial charge in [-0.3, -0.25) is 0 Å². The Kier molecular flexibility index (Phi) is 19.2. The highest BCUT2D eigenvalue weighted by atomic mass is 79.9. The molecule has 0 aliphatic rings. The Morgan fingerprint density at radius 3 is 1.63 bits per heavy atom. The molecule has 0 spiro atoms. The Morgan fingerprint density at radius 1 is 0.868 bits per heavy atom. The Bertz CT molecular complexity index is 1250. The lowest BCUT2D eigenvalue weighted by atomic mass is 10.3. The molecule has 208 valence electrons. The van der Waals surface area contributed by atoms with E-state index in [0.29, 0.717) is 16.6 Å². The lowest BCUT2D eigenvalue weighted by Crippen LogP contribution is -1.94. The van der Waals surface area contributed by atoms with Crippen molar-refractivity contribution in [2.75, 3.05) is 6.26 Å². The number of pyridine rings is 3. The van der Waals surface area contributed by atoms with Gasteiger partial charge in [0, 0.05) is 29.7 Å². The van der Waals surface area contributed by atoms with Crippen LogP contribution in [-0.2, 0) is 21.8 Å². The number of rotatable bonds is 3. The number of aromatic nitrogens is 3. The minimum atomic E-state index is -1.61. The van der Waals surface area contributed by atoms with Crippen molar-refractivity contribution in [2.24, 2.45) is 4.36 Å². The number of nitrogens with zero attached hydrogens (tertiary/aromatic N) is 5. The molecule has 0 radical (unpaired) electrons. The van der Waals surface area contributed by atoms with Crippen molar-refractivity contribution in [1.82, 2.24) is 15.0 Å². The number of alkyl halides is 5. The third-order valence-corrected chi connectivity index (χ3v) is 5.99. The molecular formula is C21H16BrCl7F3N5S. The Balaban J connectivity index is 0.000000508. The molecule has 1 unspecified atom stereocenters. The lowest BCUT2D eigenvalue weighted by Gasteiger charge is -2.00. The van der Waals surface area contributed by atoms with Gasteiger partial charge < -0.3 is 0 Å². The van der Waals surface area contributed by atoms with Crippen molar-refractivity contribution in [3.05, 3.63) is 86.4 Å². The van der Waals surface area contributed by atoms with Crippen LogP contribution in [0.3, 0.4) is 0 Å². The summed E-state index contributed by atoms with van der Waals surface area (Å²) in [5.41, 5.74) is 2.25. The minimum absolute atomic E-state index is 0.0689. The van der Waals surface area contributed by atoms with E-state index in [2.05, 4.69) is 35.2 Å². The molecule has 5 nitrogen and oxygen atoms in total. The van der Waals surface area contributed by atoms with E-state index in [1.807, 2.05) is 0 Å². The zero-order valence-corrected chi connectivity index (χ0v) is 26.9. The van der Waals surface area contributed by atoms with Crippen molar-refractivity contribution in [1.29, 1.82) is 5.26 Å². The fourth-order valence-corrected chi connectivity index (χ4v) is 3.39. The molecule has 0 aliphatic heterocycles. The molecule has 0 fully saturated rings. The summed E-state index contributed by atoms with van der Waals surface area (Å²) in [6, 6.07) is 4.01. The molecule has 17 heteroatoms.